The Balaban J connectivity index is 1.46. The minimum atomic E-state index is -0.416. The summed E-state index contributed by atoms with van der Waals surface area (Å²) in [6.45, 7) is 1.87. The maximum absolute atomic E-state index is 14.0. The van der Waals surface area contributed by atoms with E-state index in [-0.39, 0.29) is 11.7 Å². The number of hydrogen-bond donors (Lipinski definition) is 2. The van der Waals surface area contributed by atoms with Gasteiger partial charge in [-0.05, 0) is 42.1 Å². The lowest BCUT2D eigenvalue weighted by molar-refractivity contribution is -0.113. The number of rotatable bonds is 6. The molecule has 0 saturated heterocycles. The molecule has 4 aromatic rings. The summed E-state index contributed by atoms with van der Waals surface area (Å²) < 4.78 is 15.8. The summed E-state index contributed by atoms with van der Waals surface area (Å²) in [6.07, 6.45) is 0. The summed E-state index contributed by atoms with van der Waals surface area (Å²) in [5.74, 6) is 0.513. The fraction of sp³-hybridized carbons (Fsp3) is 0.125. The smallest absolute Gasteiger partial charge is 0.255 e. The topological polar surface area (TPSA) is 71.8 Å². The molecule has 33 heavy (non-hydrogen) atoms. The number of benzene rings is 2. The molecule has 2 aromatic heterocycles. The third-order valence-electron chi connectivity index (χ3n) is 5.24. The zero-order valence-electron chi connectivity index (χ0n) is 17.7. The Morgan fingerprint density at radius 1 is 1.15 bits per heavy atom. The lowest BCUT2D eigenvalue weighted by Gasteiger charge is -2.27. The Morgan fingerprint density at radius 2 is 1.94 bits per heavy atom. The van der Waals surface area contributed by atoms with Crippen molar-refractivity contribution in [3.05, 3.63) is 99.6 Å². The Morgan fingerprint density at radius 3 is 2.70 bits per heavy atom. The normalized spacial score (nSPS) is 15.2. The molecule has 1 atom stereocenters. The van der Waals surface area contributed by atoms with E-state index in [2.05, 4.69) is 20.7 Å². The highest BCUT2D eigenvalue weighted by molar-refractivity contribution is 7.98. The van der Waals surface area contributed by atoms with Crippen molar-refractivity contribution in [3.8, 4) is 0 Å². The Kier molecular flexibility index (Phi) is 5.97. The largest absolute Gasteiger partial charge is 0.328 e. The van der Waals surface area contributed by atoms with Crippen LogP contribution >= 0.6 is 23.1 Å². The van der Waals surface area contributed by atoms with Crippen LogP contribution in [0.1, 0.15) is 23.4 Å². The van der Waals surface area contributed by atoms with Gasteiger partial charge in [-0.15, -0.1) is 16.4 Å². The van der Waals surface area contributed by atoms with Crippen LogP contribution in [0, 0.1) is 5.82 Å². The SMILES string of the molecule is CC1=C(C(=O)Nc2ccccc2)[C@H](c2cccs2)n2nc(SCc3ccccc3F)nc2N1. The van der Waals surface area contributed by atoms with E-state index < -0.39 is 6.04 Å². The molecule has 1 aliphatic rings. The molecule has 0 fully saturated rings. The van der Waals surface area contributed by atoms with Gasteiger partial charge < -0.3 is 10.6 Å². The Labute approximate surface area is 198 Å². The van der Waals surface area contributed by atoms with Crippen molar-refractivity contribution in [1.82, 2.24) is 14.8 Å². The van der Waals surface area contributed by atoms with Crippen LogP contribution in [-0.2, 0) is 10.5 Å². The van der Waals surface area contributed by atoms with Crippen LogP contribution < -0.4 is 10.6 Å². The van der Waals surface area contributed by atoms with Gasteiger partial charge in [0.1, 0.15) is 11.9 Å². The summed E-state index contributed by atoms with van der Waals surface area (Å²) in [6, 6.07) is 19.6. The molecule has 2 N–H and O–H groups in total. The first-order valence-electron chi connectivity index (χ1n) is 10.3. The third kappa shape index (κ3) is 4.42. The predicted molar refractivity (Wildman–Crippen MR) is 130 cm³/mol. The summed E-state index contributed by atoms with van der Waals surface area (Å²) in [5, 5.41) is 13.4. The molecule has 0 aliphatic carbocycles. The maximum Gasteiger partial charge on any atom is 0.255 e. The van der Waals surface area contributed by atoms with E-state index >= 15 is 0 Å². The van der Waals surface area contributed by atoms with E-state index in [1.807, 2.05) is 60.8 Å². The van der Waals surface area contributed by atoms with E-state index in [4.69, 9.17) is 0 Å². The number of nitrogens with zero attached hydrogens (tertiary/aromatic N) is 3. The van der Waals surface area contributed by atoms with Gasteiger partial charge in [0.05, 0.1) is 5.57 Å². The highest BCUT2D eigenvalue weighted by Gasteiger charge is 2.35. The van der Waals surface area contributed by atoms with Gasteiger partial charge in [-0.3, -0.25) is 4.79 Å². The number of fused-ring (bicyclic) bond motifs is 1. The fourth-order valence-electron chi connectivity index (χ4n) is 3.67. The van der Waals surface area contributed by atoms with Crippen LogP contribution in [0.3, 0.4) is 0 Å². The molecular formula is C24H20FN5OS2. The number of aromatic nitrogens is 3. The minimum absolute atomic E-state index is 0.202. The summed E-state index contributed by atoms with van der Waals surface area (Å²) in [4.78, 5) is 18.9. The standard InChI is InChI=1S/C24H20FN5OS2/c1-15-20(22(31)27-17-9-3-2-4-10-17)21(19-12-7-13-32-19)30-23(26-15)28-24(29-30)33-14-16-8-5-6-11-18(16)25/h2-13,21H,14H2,1H3,(H,27,31)(H,26,28,29)/t21-/m0/s1. The molecular weight excluding hydrogens is 457 g/mol. The molecule has 2 aromatic carbocycles. The first kappa shape index (κ1) is 21.4. The van der Waals surface area contributed by atoms with Gasteiger partial charge >= 0.3 is 0 Å². The molecule has 9 heteroatoms. The number of hydrogen-bond acceptors (Lipinski definition) is 6. The van der Waals surface area contributed by atoms with Crippen LogP contribution in [0.15, 0.2) is 88.5 Å². The number of carbonyl (C=O) groups excluding carboxylic acids is 1. The van der Waals surface area contributed by atoms with Crippen molar-refractivity contribution >= 4 is 40.6 Å². The molecule has 1 amide bonds. The van der Waals surface area contributed by atoms with Gasteiger partial charge in [0.15, 0.2) is 0 Å². The average molecular weight is 478 g/mol. The van der Waals surface area contributed by atoms with Crippen LogP contribution in [0.25, 0.3) is 0 Å². The van der Waals surface area contributed by atoms with E-state index in [0.29, 0.717) is 33.7 Å². The quantitative estimate of drug-likeness (QED) is 0.349. The number of carbonyl (C=O) groups is 1. The average Bonchev–Trinajstić information content (AvgIpc) is 3.48. The van der Waals surface area contributed by atoms with Crippen molar-refractivity contribution in [3.63, 3.8) is 0 Å². The predicted octanol–water partition coefficient (Wildman–Crippen LogP) is 5.70. The third-order valence-corrected chi connectivity index (χ3v) is 7.05. The molecule has 0 unspecified atom stereocenters. The molecule has 166 valence electrons. The summed E-state index contributed by atoms with van der Waals surface area (Å²) in [5.41, 5.74) is 2.60. The van der Waals surface area contributed by atoms with Gasteiger partial charge in [-0.2, -0.15) is 4.98 Å². The van der Waals surface area contributed by atoms with Gasteiger partial charge in [0, 0.05) is 22.0 Å². The van der Waals surface area contributed by atoms with Crippen LogP contribution in [0.4, 0.5) is 16.0 Å². The van der Waals surface area contributed by atoms with Gasteiger partial charge in [0.2, 0.25) is 11.1 Å². The summed E-state index contributed by atoms with van der Waals surface area (Å²) in [7, 11) is 0. The van der Waals surface area contributed by atoms with Crippen molar-refractivity contribution in [2.75, 3.05) is 10.6 Å². The number of para-hydroxylation sites is 1. The lowest BCUT2D eigenvalue weighted by atomic mass is 10.0. The first-order valence-corrected chi connectivity index (χ1v) is 12.2. The fourth-order valence-corrected chi connectivity index (χ4v) is 5.31. The number of nitrogens with one attached hydrogen (secondary N) is 2. The molecule has 0 spiro atoms. The molecule has 0 radical (unpaired) electrons. The van der Waals surface area contributed by atoms with Gasteiger partial charge in [-0.1, -0.05) is 54.2 Å². The zero-order valence-corrected chi connectivity index (χ0v) is 19.3. The van der Waals surface area contributed by atoms with Crippen LogP contribution in [0.2, 0.25) is 0 Å². The Bertz CT molecular complexity index is 1320. The highest BCUT2D eigenvalue weighted by atomic mass is 32.2. The van der Waals surface area contributed by atoms with E-state index in [1.165, 1.54) is 17.8 Å². The van der Waals surface area contributed by atoms with E-state index in [0.717, 1.165) is 10.6 Å². The second-order valence-corrected chi connectivity index (χ2v) is 9.37. The van der Waals surface area contributed by atoms with Crippen molar-refractivity contribution in [1.29, 1.82) is 0 Å². The van der Waals surface area contributed by atoms with Crippen LogP contribution in [-0.4, -0.2) is 20.7 Å². The highest BCUT2D eigenvalue weighted by Crippen LogP contribution is 2.38. The molecule has 1 aliphatic heterocycles. The minimum Gasteiger partial charge on any atom is -0.328 e. The molecule has 3 heterocycles. The number of anilines is 2. The molecule has 5 rings (SSSR count). The second-order valence-electron chi connectivity index (χ2n) is 7.44. The Hall–Kier alpha value is -3.43. The number of amides is 1. The lowest BCUT2D eigenvalue weighted by Crippen LogP contribution is -2.31. The van der Waals surface area contributed by atoms with E-state index in [9.17, 15) is 9.18 Å². The monoisotopic (exact) mass is 477 g/mol. The zero-order chi connectivity index (χ0) is 22.8. The van der Waals surface area contributed by atoms with Crippen molar-refractivity contribution in [2.24, 2.45) is 0 Å². The van der Waals surface area contributed by atoms with Crippen molar-refractivity contribution in [2.45, 2.75) is 23.9 Å². The number of thioether (sulfide) groups is 1. The van der Waals surface area contributed by atoms with Gasteiger partial charge in [0.25, 0.3) is 5.91 Å². The van der Waals surface area contributed by atoms with Crippen LogP contribution in [0.5, 0.6) is 0 Å². The molecule has 0 bridgehead atoms. The summed E-state index contributed by atoms with van der Waals surface area (Å²) >= 11 is 2.91. The number of thiophene rings is 1. The number of halogens is 1. The number of allylic oxidation sites excluding steroid dienone is 1. The second kappa shape index (κ2) is 9.21. The van der Waals surface area contributed by atoms with Gasteiger partial charge in [-0.25, -0.2) is 9.07 Å². The van der Waals surface area contributed by atoms with E-state index in [1.54, 1.807) is 28.2 Å². The molecule has 6 nitrogen and oxygen atoms in total. The molecule has 0 saturated carbocycles. The maximum atomic E-state index is 14.0. The van der Waals surface area contributed by atoms with Crippen molar-refractivity contribution < 1.29 is 9.18 Å². The first-order chi connectivity index (χ1) is 16.1.